The van der Waals surface area contributed by atoms with E-state index in [2.05, 4.69) is 11.9 Å². The number of rotatable bonds is 11. The zero-order chi connectivity index (χ0) is 22.3. The van der Waals surface area contributed by atoms with Crippen molar-refractivity contribution in [2.75, 3.05) is 7.11 Å². The summed E-state index contributed by atoms with van der Waals surface area (Å²) >= 11 is 0. The normalized spacial score (nSPS) is 22.0. The Labute approximate surface area is 180 Å². The van der Waals surface area contributed by atoms with E-state index in [9.17, 15) is 9.90 Å². The van der Waals surface area contributed by atoms with E-state index in [1.165, 1.54) is 7.11 Å². The lowest BCUT2D eigenvalue weighted by molar-refractivity contribution is -0.144. The zero-order valence-corrected chi connectivity index (χ0v) is 19.3. The van der Waals surface area contributed by atoms with E-state index in [0.29, 0.717) is 19.3 Å². The van der Waals surface area contributed by atoms with Crippen LogP contribution in [0.1, 0.15) is 89.0 Å². The summed E-state index contributed by atoms with van der Waals surface area (Å²) in [5.41, 5.74) is 1.60. The van der Waals surface area contributed by atoms with Crippen LogP contribution in [-0.2, 0) is 26.1 Å². The van der Waals surface area contributed by atoms with Crippen LogP contribution in [-0.4, -0.2) is 45.7 Å². The van der Waals surface area contributed by atoms with Crippen LogP contribution < -0.4 is 0 Å². The first-order valence-electron chi connectivity index (χ1n) is 11.0. The average molecular weight is 423 g/mol. The SMILES string of the molecule is CCCCCC(O)c1c(/C=C/C2OC(C)(C)OC2CCCC(=O)OC)nc(C)n1C. The van der Waals surface area contributed by atoms with Crippen LogP contribution in [0.3, 0.4) is 0 Å². The topological polar surface area (TPSA) is 82.8 Å². The Balaban J connectivity index is 2.12. The van der Waals surface area contributed by atoms with Crippen molar-refractivity contribution in [1.29, 1.82) is 0 Å². The van der Waals surface area contributed by atoms with E-state index in [4.69, 9.17) is 14.2 Å². The monoisotopic (exact) mass is 422 g/mol. The number of carbonyl (C=O) groups is 1. The van der Waals surface area contributed by atoms with Gasteiger partial charge in [0.1, 0.15) is 11.9 Å². The quantitative estimate of drug-likeness (QED) is 0.425. The van der Waals surface area contributed by atoms with Gasteiger partial charge in [-0.25, -0.2) is 4.98 Å². The summed E-state index contributed by atoms with van der Waals surface area (Å²) < 4.78 is 18.8. The van der Waals surface area contributed by atoms with E-state index >= 15 is 0 Å². The van der Waals surface area contributed by atoms with Gasteiger partial charge in [0.15, 0.2) is 5.79 Å². The third-order valence-corrected chi connectivity index (χ3v) is 5.55. The lowest BCUT2D eigenvalue weighted by atomic mass is 10.0. The zero-order valence-electron chi connectivity index (χ0n) is 19.3. The third kappa shape index (κ3) is 6.65. The Kier molecular flexibility index (Phi) is 9.07. The second-order valence-electron chi connectivity index (χ2n) is 8.47. The van der Waals surface area contributed by atoms with E-state index in [1.807, 2.05) is 44.5 Å². The van der Waals surface area contributed by atoms with Crippen LogP contribution in [0, 0.1) is 6.92 Å². The number of esters is 1. The highest BCUT2D eigenvalue weighted by Gasteiger charge is 2.39. The highest BCUT2D eigenvalue weighted by atomic mass is 16.7. The van der Waals surface area contributed by atoms with Gasteiger partial charge in [-0.1, -0.05) is 32.3 Å². The predicted molar refractivity (Wildman–Crippen MR) is 116 cm³/mol. The van der Waals surface area contributed by atoms with Gasteiger partial charge in [0.25, 0.3) is 0 Å². The predicted octanol–water partition coefficient (Wildman–Crippen LogP) is 4.22. The molecule has 1 fully saturated rings. The fraction of sp³-hybridized carbons (Fsp3) is 0.739. The molecule has 0 saturated carbocycles. The Morgan fingerprint density at radius 3 is 2.73 bits per heavy atom. The minimum absolute atomic E-state index is 0.149. The maximum absolute atomic E-state index is 11.4. The summed E-state index contributed by atoms with van der Waals surface area (Å²) in [6.45, 7) is 7.87. The van der Waals surface area contributed by atoms with Gasteiger partial charge in [0.05, 0.1) is 30.7 Å². The first-order chi connectivity index (χ1) is 14.2. The molecule has 0 spiro atoms. The Morgan fingerprint density at radius 1 is 1.33 bits per heavy atom. The molecule has 30 heavy (non-hydrogen) atoms. The van der Waals surface area contributed by atoms with Crippen molar-refractivity contribution >= 4 is 12.0 Å². The van der Waals surface area contributed by atoms with Gasteiger partial charge in [-0.15, -0.1) is 0 Å². The summed E-state index contributed by atoms with van der Waals surface area (Å²) in [5.74, 6) is -0.0447. The minimum Gasteiger partial charge on any atom is -0.469 e. The van der Waals surface area contributed by atoms with Crippen LogP contribution in [0.5, 0.6) is 0 Å². The molecule has 0 amide bonds. The van der Waals surface area contributed by atoms with Gasteiger partial charge in [0.2, 0.25) is 0 Å². The molecule has 0 bridgehead atoms. The Morgan fingerprint density at radius 2 is 2.07 bits per heavy atom. The van der Waals surface area contributed by atoms with Crippen LogP contribution >= 0.6 is 0 Å². The summed E-state index contributed by atoms with van der Waals surface area (Å²) in [6, 6.07) is 0. The molecular formula is C23H38N2O5. The molecule has 0 aromatic carbocycles. The van der Waals surface area contributed by atoms with Crippen molar-refractivity contribution in [1.82, 2.24) is 9.55 Å². The first-order valence-corrected chi connectivity index (χ1v) is 11.0. The van der Waals surface area contributed by atoms with Crippen LogP contribution in [0.15, 0.2) is 6.08 Å². The Hall–Kier alpha value is -1.70. The summed E-state index contributed by atoms with van der Waals surface area (Å²) in [5, 5.41) is 10.7. The van der Waals surface area contributed by atoms with E-state index < -0.39 is 11.9 Å². The largest absolute Gasteiger partial charge is 0.469 e. The molecule has 1 aromatic rings. The number of hydrogen-bond donors (Lipinski definition) is 1. The number of ether oxygens (including phenoxy) is 3. The molecular weight excluding hydrogens is 384 g/mol. The lowest BCUT2D eigenvalue weighted by Gasteiger charge is -2.16. The number of unbranched alkanes of at least 4 members (excludes halogenated alkanes) is 2. The minimum atomic E-state index is -0.687. The van der Waals surface area contributed by atoms with Gasteiger partial charge in [-0.2, -0.15) is 0 Å². The molecule has 7 nitrogen and oxygen atoms in total. The molecule has 1 saturated heterocycles. The molecule has 2 heterocycles. The van der Waals surface area contributed by atoms with E-state index in [-0.39, 0.29) is 18.2 Å². The number of methoxy groups -OCH3 is 1. The molecule has 0 radical (unpaired) electrons. The van der Waals surface area contributed by atoms with Gasteiger partial charge < -0.3 is 23.9 Å². The maximum atomic E-state index is 11.4. The number of aliphatic hydroxyl groups excluding tert-OH is 1. The standard InChI is InChI=1S/C23H38N2O5/c1-7-8-9-11-18(26)22-17(24-16(2)25(22)5)14-15-20-19(29-23(3,4)30-20)12-10-13-21(27)28-6/h14-15,18-20,26H,7-13H2,1-6H3/b15-14+. The van der Waals surface area contributed by atoms with Gasteiger partial charge in [-0.3, -0.25) is 4.79 Å². The second kappa shape index (κ2) is 11.1. The number of nitrogens with zero attached hydrogens (tertiary/aromatic N) is 2. The number of hydrogen-bond acceptors (Lipinski definition) is 6. The molecule has 1 aliphatic rings. The number of imidazole rings is 1. The van der Waals surface area contributed by atoms with Crippen molar-refractivity contribution in [3.8, 4) is 0 Å². The summed E-state index contributed by atoms with van der Waals surface area (Å²) in [6.07, 6.45) is 8.61. The van der Waals surface area contributed by atoms with Crippen molar-refractivity contribution < 1.29 is 24.1 Å². The molecule has 3 atom stereocenters. The van der Waals surface area contributed by atoms with Crippen LogP contribution in [0.2, 0.25) is 0 Å². The number of carbonyl (C=O) groups excluding carboxylic acids is 1. The second-order valence-corrected chi connectivity index (χ2v) is 8.47. The van der Waals surface area contributed by atoms with Crippen molar-refractivity contribution in [2.24, 2.45) is 7.05 Å². The van der Waals surface area contributed by atoms with E-state index in [0.717, 1.165) is 42.9 Å². The highest BCUT2D eigenvalue weighted by molar-refractivity contribution is 5.69. The Bertz CT molecular complexity index is 725. The van der Waals surface area contributed by atoms with Crippen LogP contribution in [0.25, 0.3) is 6.08 Å². The summed E-state index contributed by atoms with van der Waals surface area (Å²) in [7, 11) is 3.33. The molecule has 1 N–H and O–H groups in total. The van der Waals surface area contributed by atoms with Gasteiger partial charge >= 0.3 is 5.97 Å². The molecule has 3 unspecified atom stereocenters. The lowest BCUT2D eigenvalue weighted by Crippen LogP contribution is -2.21. The average Bonchev–Trinajstić information content (AvgIpc) is 3.14. The van der Waals surface area contributed by atoms with Crippen LogP contribution in [0.4, 0.5) is 0 Å². The molecule has 1 aromatic heterocycles. The molecule has 7 heteroatoms. The van der Waals surface area contributed by atoms with Crippen molar-refractivity contribution in [3.63, 3.8) is 0 Å². The molecule has 1 aliphatic heterocycles. The molecule has 170 valence electrons. The molecule has 0 aliphatic carbocycles. The smallest absolute Gasteiger partial charge is 0.305 e. The number of aryl methyl sites for hydroxylation is 1. The fourth-order valence-corrected chi connectivity index (χ4v) is 3.88. The highest BCUT2D eigenvalue weighted by Crippen LogP contribution is 2.32. The summed E-state index contributed by atoms with van der Waals surface area (Å²) in [4.78, 5) is 16.0. The van der Waals surface area contributed by atoms with Crippen molar-refractivity contribution in [2.45, 2.75) is 96.7 Å². The maximum Gasteiger partial charge on any atom is 0.305 e. The molecule has 2 rings (SSSR count). The van der Waals surface area contributed by atoms with Gasteiger partial charge in [0, 0.05) is 13.5 Å². The van der Waals surface area contributed by atoms with Crippen molar-refractivity contribution in [3.05, 3.63) is 23.3 Å². The van der Waals surface area contributed by atoms with Gasteiger partial charge in [-0.05, 0) is 46.1 Å². The number of aliphatic hydroxyl groups is 1. The fourth-order valence-electron chi connectivity index (χ4n) is 3.88. The van der Waals surface area contributed by atoms with E-state index in [1.54, 1.807) is 0 Å². The number of aromatic nitrogens is 2. The third-order valence-electron chi connectivity index (χ3n) is 5.55. The first kappa shape index (κ1) is 24.6.